The van der Waals surface area contributed by atoms with Gasteiger partial charge in [-0.25, -0.2) is 9.78 Å². The molecule has 3 rings (SSSR count). The average molecular weight is 397 g/mol. The Morgan fingerprint density at radius 3 is 2.95 bits per heavy atom. The highest BCUT2D eigenvalue weighted by atomic mass is 127. The average Bonchev–Trinajstić information content (AvgIpc) is 2.92. The van der Waals surface area contributed by atoms with Crippen molar-refractivity contribution in [1.82, 2.24) is 14.9 Å². The van der Waals surface area contributed by atoms with Crippen molar-refractivity contribution < 1.29 is 14.7 Å². The zero-order valence-electron chi connectivity index (χ0n) is 10.9. The summed E-state index contributed by atoms with van der Waals surface area (Å²) in [5.74, 6) is -1.29. The molecule has 2 N–H and O–H groups in total. The van der Waals surface area contributed by atoms with Gasteiger partial charge in [0.1, 0.15) is 6.04 Å². The van der Waals surface area contributed by atoms with Gasteiger partial charge in [0.25, 0.3) is 5.91 Å². The zero-order valence-corrected chi connectivity index (χ0v) is 13.1. The fourth-order valence-electron chi connectivity index (χ4n) is 2.46. The molecule has 7 heteroatoms. The number of halogens is 1. The Kier molecular flexibility index (Phi) is 3.66. The smallest absolute Gasteiger partial charge is 0.326 e. The van der Waals surface area contributed by atoms with Crippen molar-refractivity contribution >= 4 is 34.5 Å². The number of hydrogen-bond donors (Lipinski definition) is 2. The number of fused-ring (bicyclic) bond motifs is 1. The maximum absolute atomic E-state index is 12.6. The van der Waals surface area contributed by atoms with Gasteiger partial charge >= 0.3 is 5.97 Å². The number of carbonyl (C=O) groups excluding carboxylic acids is 1. The van der Waals surface area contributed by atoms with Crippen molar-refractivity contribution in [3.63, 3.8) is 0 Å². The fraction of sp³-hybridized carbons (Fsp3) is 0.214. The predicted octanol–water partition coefficient (Wildman–Crippen LogP) is 1.67. The number of imidazole rings is 1. The van der Waals surface area contributed by atoms with E-state index in [-0.39, 0.29) is 18.9 Å². The minimum absolute atomic E-state index is 0.226. The first kappa shape index (κ1) is 14.1. The number of amides is 1. The summed E-state index contributed by atoms with van der Waals surface area (Å²) in [5.41, 5.74) is 2.01. The normalized spacial score (nSPS) is 17.4. The van der Waals surface area contributed by atoms with Gasteiger partial charge in [0.05, 0.1) is 24.3 Å². The van der Waals surface area contributed by atoms with Crippen molar-refractivity contribution in [3.05, 3.63) is 51.1 Å². The number of nitrogens with zero attached hydrogens (tertiary/aromatic N) is 2. The molecule has 1 aromatic carbocycles. The van der Waals surface area contributed by atoms with Crippen LogP contribution in [0.15, 0.2) is 30.6 Å². The first-order valence-electron chi connectivity index (χ1n) is 6.36. The molecule has 6 nitrogen and oxygen atoms in total. The number of carboxylic acids is 1. The van der Waals surface area contributed by atoms with Crippen LogP contribution in [0.1, 0.15) is 21.7 Å². The van der Waals surface area contributed by atoms with E-state index < -0.39 is 12.0 Å². The minimum atomic E-state index is -1.01. The monoisotopic (exact) mass is 397 g/mol. The molecule has 2 aromatic rings. The van der Waals surface area contributed by atoms with E-state index in [1.165, 1.54) is 11.2 Å². The SMILES string of the molecule is O=C(O)C1Cc2nc[nH]c2CN1C(=O)c1cccc(I)c1. The van der Waals surface area contributed by atoms with E-state index in [1.807, 2.05) is 6.07 Å². The van der Waals surface area contributed by atoms with Crippen LogP contribution in [-0.2, 0) is 17.8 Å². The molecular formula is C14H12IN3O3. The van der Waals surface area contributed by atoms with Crippen LogP contribution in [0.25, 0.3) is 0 Å². The topological polar surface area (TPSA) is 86.3 Å². The van der Waals surface area contributed by atoms with Crippen molar-refractivity contribution in [2.75, 3.05) is 0 Å². The molecule has 0 fully saturated rings. The van der Waals surface area contributed by atoms with Crippen molar-refractivity contribution in [1.29, 1.82) is 0 Å². The van der Waals surface area contributed by atoms with Crippen LogP contribution in [-0.4, -0.2) is 37.9 Å². The number of aliphatic carboxylic acids is 1. The first-order valence-corrected chi connectivity index (χ1v) is 7.44. The highest BCUT2D eigenvalue weighted by Crippen LogP contribution is 2.23. The number of hydrogen-bond acceptors (Lipinski definition) is 3. The minimum Gasteiger partial charge on any atom is -0.480 e. The molecule has 0 bridgehead atoms. The third-order valence-electron chi connectivity index (χ3n) is 3.52. The first-order chi connectivity index (χ1) is 10.1. The highest BCUT2D eigenvalue weighted by Gasteiger charge is 2.36. The van der Waals surface area contributed by atoms with E-state index in [9.17, 15) is 14.7 Å². The summed E-state index contributed by atoms with van der Waals surface area (Å²) >= 11 is 2.12. The summed E-state index contributed by atoms with van der Waals surface area (Å²) in [6, 6.07) is 6.24. The Hall–Kier alpha value is -1.90. The van der Waals surface area contributed by atoms with E-state index in [2.05, 4.69) is 32.6 Å². The van der Waals surface area contributed by atoms with Crippen LogP contribution in [0.2, 0.25) is 0 Å². The lowest BCUT2D eigenvalue weighted by atomic mass is 10.0. The van der Waals surface area contributed by atoms with Gasteiger partial charge in [0, 0.05) is 15.6 Å². The molecule has 0 saturated heterocycles. The van der Waals surface area contributed by atoms with E-state index in [0.717, 1.165) is 9.26 Å². The molecule has 2 heterocycles. The molecule has 0 radical (unpaired) electrons. The van der Waals surface area contributed by atoms with E-state index in [1.54, 1.807) is 18.2 Å². The van der Waals surface area contributed by atoms with Crippen LogP contribution in [0.3, 0.4) is 0 Å². The Balaban J connectivity index is 1.95. The second-order valence-electron chi connectivity index (χ2n) is 4.83. The Morgan fingerprint density at radius 1 is 1.43 bits per heavy atom. The van der Waals surface area contributed by atoms with Gasteiger partial charge in [0.2, 0.25) is 0 Å². The third kappa shape index (κ3) is 2.65. The molecule has 0 saturated carbocycles. The second-order valence-corrected chi connectivity index (χ2v) is 6.07. The Labute approximate surface area is 134 Å². The lowest BCUT2D eigenvalue weighted by molar-refractivity contribution is -0.142. The van der Waals surface area contributed by atoms with Gasteiger partial charge in [-0.1, -0.05) is 6.07 Å². The largest absolute Gasteiger partial charge is 0.480 e. The van der Waals surface area contributed by atoms with Crippen LogP contribution in [0.4, 0.5) is 0 Å². The molecule has 1 atom stereocenters. The number of carboxylic acid groups (broad SMARTS) is 1. The maximum atomic E-state index is 12.6. The molecule has 1 aromatic heterocycles. The van der Waals surface area contributed by atoms with Crippen molar-refractivity contribution in [2.24, 2.45) is 0 Å². The molecule has 1 unspecified atom stereocenters. The van der Waals surface area contributed by atoms with E-state index in [4.69, 9.17) is 0 Å². The fourth-order valence-corrected chi connectivity index (χ4v) is 3.00. The predicted molar refractivity (Wildman–Crippen MR) is 82.7 cm³/mol. The number of aromatic amines is 1. The number of carbonyl (C=O) groups is 2. The van der Waals surface area contributed by atoms with E-state index in [0.29, 0.717) is 11.3 Å². The second kappa shape index (κ2) is 5.47. The molecule has 0 aliphatic carbocycles. The third-order valence-corrected chi connectivity index (χ3v) is 4.19. The maximum Gasteiger partial charge on any atom is 0.326 e. The molecule has 1 amide bonds. The summed E-state index contributed by atoms with van der Waals surface area (Å²) in [7, 11) is 0. The Bertz CT molecular complexity index is 713. The summed E-state index contributed by atoms with van der Waals surface area (Å²) in [6.07, 6.45) is 1.76. The number of rotatable bonds is 2. The van der Waals surface area contributed by atoms with Crippen molar-refractivity contribution in [2.45, 2.75) is 19.0 Å². The number of H-pyrrole nitrogens is 1. The lowest BCUT2D eigenvalue weighted by Gasteiger charge is -2.32. The van der Waals surface area contributed by atoms with Gasteiger partial charge in [-0.05, 0) is 40.8 Å². The quantitative estimate of drug-likeness (QED) is 0.755. The number of nitrogens with one attached hydrogen (secondary N) is 1. The Morgan fingerprint density at radius 2 is 2.24 bits per heavy atom. The lowest BCUT2D eigenvalue weighted by Crippen LogP contribution is -2.48. The summed E-state index contributed by atoms with van der Waals surface area (Å²) in [4.78, 5) is 32.5. The molecule has 0 spiro atoms. The molecule has 21 heavy (non-hydrogen) atoms. The van der Waals surface area contributed by atoms with Crippen molar-refractivity contribution in [3.8, 4) is 0 Å². The summed E-state index contributed by atoms with van der Waals surface area (Å²) in [5, 5.41) is 9.39. The van der Waals surface area contributed by atoms with Crippen LogP contribution >= 0.6 is 22.6 Å². The van der Waals surface area contributed by atoms with Gasteiger partial charge < -0.3 is 15.0 Å². The standard InChI is InChI=1S/C14H12IN3O3/c15-9-3-1-2-8(4-9)13(19)18-6-11-10(16-7-17-11)5-12(18)14(20)21/h1-4,7,12H,5-6H2,(H,16,17)(H,20,21). The van der Waals surface area contributed by atoms with Gasteiger partial charge in [-0.15, -0.1) is 0 Å². The van der Waals surface area contributed by atoms with E-state index >= 15 is 0 Å². The summed E-state index contributed by atoms with van der Waals surface area (Å²) in [6.45, 7) is 0.233. The van der Waals surface area contributed by atoms with Crippen LogP contribution < -0.4 is 0 Å². The molecular weight excluding hydrogens is 385 g/mol. The summed E-state index contributed by atoms with van der Waals surface area (Å²) < 4.78 is 0.935. The number of aromatic nitrogens is 2. The molecule has 1 aliphatic heterocycles. The van der Waals surface area contributed by atoms with Crippen LogP contribution in [0, 0.1) is 3.57 Å². The van der Waals surface area contributed by atoms with Gasteiger partial charge in [0.15, 0.2) is 0 Å². The molecule has 108 valence electrons. The van der Waals surface area contributed by atoms with Gasteiger partial charge in [-0.2, -0.15) is 0 Å². The van der Waals surface area contributed by atoms with Crippen LogP contribution in [0.5, 0.6) is 0 Å². The zero-order chi connectivity index (χ0) is 15.0. The number of benzene rings is 1. The highest BCUT2D eigenvalue weighted by molar-refractivity contribution is 14.1. The molecule has 1 aliphatic rings. The van der Waals surface area contributed by atoms with Gasteiger partial charge in [-0.3, -0.25) is 4.79 Å².